The average Bonchev–Trinajstić information content (AvgIpc) is 4.05. The average molecular weight is 895 g/mol. The van der Waals surface area contributed by atoms with Crippen molar-refractivity contribution in [2.24, 2.45) is 0 Å². The van der Waals surface area contributed by atoms with Gasteiger partial charge in [-0.05, 0) is 42.5 Å². The number of nitrogens with zero attached hydrogens (tertiary/aromatic N) is 1. The van der Waals surface area contributed by atoms with Crippen molar-refractivity contribution < 1.29 is 74.3 Å². The highest BCUT2D eigenvalue weighted by molar-refractivity contribution is 8.14. The fraction of sp³-hybridized carbons (Fsp3) is 0. The van der Waals surface area contributed by atoms with E-state index in [9.17, 15) is 47.9 Å². The van der Waals surface area contributed by atoms with E-state index in [1.807, 2.05) is 0 Å². The maximum atomic E-state index is 15.7. The molecule has 6 nitrogen and oxygen atoms in total. The molecule has 0 aliphatic carbocycles. The number of benzene rings is 3. The molecule has 60 heavy (non-hydrogen) atoms. The number of aromatic amines is 3. The molecule has 8 rings (SSSR count). The zero-order valence-corrected chi connectivity index (χ0v) is 29.8. The third-order valence-corrected chi connectivity index (χ3v) is 10.6. The van der Waals surface area contributed by atoms with Gasteiger partial charge in [0.15, 0.2) is 69.8 Å². The molecule has 5 heterocycles. The highest BCUT2D eigenvalue weighted by atomic mass is 35.7. The second-order valence-electron chi connectivity index (χ2n) is 12.6. The Morgan fingerprint density at radius 3 is 1.05 bits per heavy atom. The Bertz CT molecular complexity index is 3290. The molecule has 0 atom stereocenters. The van der Waals surface area contributed by atoms with E-state index in [4.69, 9.17) is 10.7 Å². The summed E-state index contributed by atoms with van der Waals surface area (Å²) in [5.41, 5.74) is -14.8. The van der Waals surface area contributed by atoms with Gasteiger partial charge in [0.05, 0.1) is 39.1 Å². The Balaban J connectivity index is 1.71. The number of nitrogens with one attached hydrogen (secondary N) is 3. The predicted octanol–water partition coefficient (Wildman–Crippen LogP) is 11.7. The number of fused-ring (bicyclic) bond motifs is 9. The molecule has 1 aliphatic rings. The van der Waals surface area contributed by atoms with Crippen molar-refractivity contribution in [2.75, 3.05) is 0 Å². The number of aromatic nitrogens is 4. The minimum absolute atomic E-state index is 0.492. The zero-order chi connectivity index (χ0) is 43.6. The van der Waals surface area contributed by atoms with Crippen LogP contribution in [0.2, 0.25) is 0 Å². The Labute approximate surface area is 326 Å². The lowest BCUT2D eigenvalue weighted by Gasteiger charge is -2.11. The van der Waals surface area contributed by atoms with Crippen LogP contribution in [-0.4, -0.2) is 28.4 Å². The summed E-state index contributed by atoms with van der Waals surface area (Å²) in [4.78, 5) is 9.96. The van der Waals surface area contributed by atoms with Crippen LogP contribution >= 0.6 is 10.7 Å². The lowest BCUT2D eigenvalue weighted by Crippen LogP contribution is -2.05. The zero-order valence-electron chi connectivity index (χ0n) is 28.3. The largest absolute Gasteiger partial charge is 0.354 e. The van der Waals surface area contributed by atoms with Gasteiger partial charge in [-0.15, -0.1) is 0 Å². The van der Waals surface area contributed by atoms with Crippen LogP contribution in [-0.2, 0) is 9.05 Å². The first kappa shape index (κ1) is 40.4. The van der Waals surface area contributed by atoms with E-state index in [2.05, 4.69) is 19.9 Å². The maximum Gasteiger partial charge on any atom is 0.263 e. The van der Waals surface area contributed by atoms with Gasteiger partial charge in [-0.25, -0.2) is 79.3 Å². The van der Waals surface area contributed by atoms with Crippen LogP contribution in [0.1, 0.15) is 11.4 Å². The molecule has 0 amide bonds. The Morgan fingerprint density at radius 1 is 0.383 bits per heavy atom. The first-order valence-corrected chi connectivity index (χ1v) is 18.3. The van der Waals surface area contributed by atoms with Crippen molar-refractivity contribution in [2.45, 2.75) is 4.90 Å². The second-order valence-corrected chi connectivity index (χ2v) is 15.1. The fourth-order valence-corrected chi connectivity index (χ4v) is 7.69. The molecular weight excluding hydrogens is 885 g/mol. The molecule has 8 bridgehead atoms. The van der Waals surface area contributed by atoms with Gasteiger partial charge in [-0.3, -0.25) is 0 Å². The number of hydrogen-bond donors (Lipinski definition) is 3. The van der Waals surface area contributed by atoms with E-state index in [0.717, 1.165) is 36.4 Å². The molecule has 0 radical (unpaired) electrons. The van der Waals surface area contributed by atoms with Crippen molar-refractivity contribution >= 4 is 65.0 Å². The lowest BCUT2D eigenvalue weighted by atomic mass is 10.0. The normalized spacial score (nSPS) is 12.4. The van der Waals surface area contributed by atoms with Crippen LogP contribution in [0.15, 0.2) is 35.2 Å². The van der Waals surface area contributed by atoms with E-state index >= 15 is 26.3 Å². The molecule has 0 fully saturated rings. The lowest BCUT2D eigenvalue weighted by molar-refractivity contribution is 0.381. The van der Waals surface area contributed by atoms with Gasteiger partial charge in [-0.2, -0.15) is 0 Å². The summed E-state index contributed by atoms with van der Waals surface area (Å²) >= 11 is 0. The minimum atomic E-state index is -5.07. The van der Waals surface area contributed by atoms with Gasteiger partial charge in [0.25, 0.3) is 9.05 Å². The highest BCUT2D eigenvalue weighted by Crippen LogP contribution is 2.43. The molecule has 7 aromatic rings. The smallest absolute Gasteiger partial charge is 0.263 e. The summed E-state index contributed by atoms with van der Waals surface area (Å²) in [7, 11) is 0.589. The summed E-state index contributed by atoms with van der Waals surface area (Å²) in [6.45, 7) is 0. The quantitative estimate of drug-likeness (QED) is 0.0711. The van der Waals surface area contributed by atoms with Gasteiger partial charge in [0, 0.05) is 49.4 Å². The molecule has 0 saturated carbocycles. The minimum Gasteiger partial charge on any atom is -0.354 e. The summed E-state index contributed by atoms with van der Waals surface area (Å²) in [5, 5.41) is 0. The summed E-state index contributed by atoms with van der Waals surface area (Å²) < 4.78 is 251. The predicted molar refractivity (Wildman–Crippen MR) is 184 cm³/mol. The van der Waals surface area contributed by atoms with Gasteiger partial charge in [0.2, 0.25) is 17.5 Å². The van der Waals surface area contributed by atoms with Crippen LogP contribution in [0.25, 0.3) is 78.6 Å². The van der Waals surface area contributed by atoms with E-state index in [-0.39, 0.29) is 0 Å². The monoisotopic (exact) mass is 894 g/mol. The van der Waals surface area contributed by atoms with Gasteiger partial charge >= 0.3 is 0 Å². The molecular formula is C37H10ClF15N4O2S. The van der Waals surface area contributed by atoms with Crippen molar-refractivity contribution in [1.82, 2.24) is 19.9 Å². The molecule has 3 N–H and O–H groups in total. The van der Waals surface area contributed by atoms with Crippen LogP contribution < -0.4 is 0 Å². The van der Waals surface area contributed by atoms with Crippen LogP contribution in [0, 0.1) is 87.3 Å². The number of rotatable bonds is 4. The fourth-order valence-electron chi connectivity index (χ4n) is 6.67. The second kappa shape index (κ2) is 13.8. The Morgan fingerprint density at radius 2 is 0.683 bits per heavy atom. The van der Waals surface area contributed by atoms with Gasteiger partial charge in [-0.1, -0.05) is 0 Å². The van der Waals surface area contributed by atoms with Crippen LogP contribution in [0.3, 0.4) is 0 Å². The molecule has 308 valence electrons. The highest BCUT2D eigenvalue weighted by Gasteiger charge is 2.33. The first-order valence-electron chi connectivity index (χ1n) is 16.0. The van der Waals surface area contributed by atoms with Crippen molar-refractivity contribution in [1.29, 1.82) is 0 Å². The third kappa shape index (κ3) is 5.82. The summed E-state index contributed by atoms with van der Waals surface area (Å²) in [6, 6.07) is 3.47. The van der Waals surface area contributed by atoms with Crippen molar-refractivity contribution in [3.8, 4) is 33.4 Å². The summed E-state index contributed by atoms with van der Waals surface area (Å²) in [6.07, 6.45) is 1.66. The molecule has 3 aromatic carbocycles. The third-order valence-electron chi connectivity index (χ3n) is 9.29. The first-order chi connectivity index (χ1) is 28.1. The SMILES string of the molecule is O=S(=O)(Cl)c1cc2[nH]c1c1nc(c(-c3c(F)c(F)c(F)c(F)c3F)c3ccc([nH]3)c(-c3c(F)c(F)c(F)c(F)c3F)c3ccc([nH]3)c2-c2c(F)c(F)c(F)c(F)c2F)C=C1. The molecule has 4 aromatic heterocycles. The number of hydrogen-bond acceptors (Lipinski definition) is 3. The number of halogens is 16. The van der Waals surface area contributed by atoms with E-state index in [1.54, 1.807) is 0 Å². The van der Waals surface area contributed by atoms with Gasteiger partial charge in [0.1, 0.15) is 4.90 Å². The van der Waals surface area contributed by atoms with Gasteiger partial charge < -0.3 is 15.0 Å². The van der Waals surface area contributed by atoms with Crippen molar-refractivity contribution in [3.63, 3.8) is 0 Å². The molecule has 0 unspecified atom stereocenters. The molecule has 1 aliphatic heterocycles. The van der Waals surface area contributed by atoms with Crippen molar-refractivity contribution in [3.05, 3.63) is 129 Å². The molecule has 0 spiro atoms. The Kier molecular flexibility index (Phi) is 9.30. The Hall–Kier alpha value is -6.42. The maximum absolute atomic E-state index is 15.7. The van der Waals surface area contributed by atoms with Crippen LogP contribution in [0.5, 0.6) is 0 Å². The number of H-pyrrole nitrogens is 3. The van der Waals surface area contributed by atoms with E-state index in [1.165, 1.54) is 0 Å². The summed E-state index contributed by atoms with van der Waals surface area (Å²) in [5.74, 6) is -38.1. The van der Waals surface area contributed by atoms with E-state index in [0.29, 0.717) is 6.07 Å². The van der Waals surface area contributed by atoms with Crippen LogP contribution in [0.4, 0.5) is 65.9 Å². The van der Waals surface area contributed by atoms with E-state index < -0.39 is 179 Å². The topological polar surface area (TPSA) is 94.4 Å². The standard InChI is InChI=1S/C37H10ClF15N4O2S/c38-60(58,59)15-7-14-18(21-26(43)32(49)36(53)33(50)27(21)44)12-4-3-9(55-12)16(19-22(39)28(45)34(51)29(46)23(19)40)8-1-2-10(54-8)17(11-5-6-13(56-11)37(15)57-14)20-24(41)30(47)35(52)31(48)25(20)42/h1-7,54-55,57H. The molecule has 0 saturated heterocycles. The molecule has 23 heteroatoms.